The number of ether oxygens (including phenoxy) is 1. The van der Waals surface area contributed by atoms with Gasteiger partial charge in [-0.15, -0.1) is 16.9 Å². The molecule has 21 heteroatoms. The molecule has 1 saturated heterocycles. The number of carbonyl (C=O) groups excluding carboxylic acids is 2. The molecule has 1 fully saturated rings. The molecular weight excluding hydrogens is 588 g/mol. The van der Waals surface area contributed by atoms with Crippen molar-refractivity contribution in [2.45, 2.75) is 35.0 Å². The van der Waals surface area contributed by atoms with Gasteiger partial charge in [0.25, 0.3) is 11.6 Å². The number of methoxy groups -OCH3 is 1. The molecule has 1 unspecified atom stereocenters. The highest BCUT2D eigenvalue weighted by Crippen LogP contribution is 2.48. The molecule has 0 bridgehead atoms. The van der Waals surface area contributed by atoms with Gasteiger partial charge in [0, 0.05) is 18.6 Å². The van der Waals surface area contributed by atoms with E-state index in [1.165, 1.54) is 6.92 Å². The van der Waals surface area contributed by atoms with Gasteiger partial charge in [-0.05, 0) is 34.7 Å². The summed E-state index contributed by atoms with van der Waals surface area (Å²) in [5.41, 5.74) is -6.79. The minimum absolute atomic E-state index is 0.0138. The van der Waals surface area contributed by atoms with Gasteiger partial charge in [0.2, 0.25) is 11.1 Å². The molecule has 0 aliphatic carbocycles. The van der Waals surface area contributed by atoms with Gasteiger partial charge in [-0.2, -0.15) is 13.2 Å². The van der Waals surface area contributed by atoms with Crippen LogP contribution in [0.1, 0.15) is 6.92 Å². The van der Waals surface area contributed by atoms with E-state index < -0.39 is 65.8 Å². The minimum Gasteiger partial charge on any atom is -0.477 e. The Morgan fingerprint density at radius 3 is 2.70 bits per heavy atom. The Hall–Kier alpha value is -1.83. The Balaban J connectivity index is 1.76. The van der Waals surface area contributed by atoms with Gasteiger partial charge in [0.15, 0.2) is 0 Å². The molecule has 0 aromatic carbocycles. The monoisotopic (exact) mass is 608 g/mol. The van der Waals surface area contributed by atoms with Crippen molar-refractivity contribution in [1.82, 2.24) is 30.4 Å². The summed E-state index contributed by atoms with van der Waals surface area (Å²) >= 11 is 1.40. The highest BCUT2D eigenvalue weighted by molar-refractivity contribution is 8.01. The molecule has 2 aliphatic heterocycles. The maximum atomic E-state index is 13.0. The molecule has 0 radical (unpaired) electrons. The number of alkyl halides is 3. The van der Waals surface area contributed by atoms with Crippen molar-refractivity contribution in [2.24, 2.45) is 0 Å². The number of hydrogen-bond donors (Lipinski definition) is 3. The number of hydrogen-bond acceptors (Lipinski definition) is 12. The number of thioether (sulfide) groups is 3. The summed E-state index contributed by atoms with van der Waals surface area (Å²) in [4.78, 5) is 47.8. The molecule has 2 aliphatic rings. The van der Waals surface area contributed by atoms with Gasteiger partial charge >= 0.3 is 19.1 Å². The quantitative estimate of drug-likeness (QED) is 0.132. The van der Waals surface area contributed by atoms with Crippen LogP contribution in [0.25, 0.3) is 0 Å². The number of halogens is 3. The average Bonchev–Trinajstić information content (AvgIpc) is 3.24. The highest BCUT2D eigenvalue weighted by atomic mass is 32.2. The van der Waals surface area contributed by atoms with Gasteiger partial charge in [0.1, 0.15) is 17.4 Å². The van der Waals surface area contributed by atoms with E-state index in [1.54, 1.807) is 0 Å². The molecule has 0 spiro atoms. The lowest BCUT2D eigenvalue weighted by Crippen LogP contribution is -2.80. The van der Waals surface area contributed by atoms with E-state index >= 15 is 0 Å². The van der Waals surface area contributed by atoms with Crippen molar-refractivity contribution in [1.29, 1.82) is 0 Å². The number of aliphatic carboxylic acids is 1. The predicted molar refractivity (Wildman–Crippen MR) is 124 cm³/mol. The zero-order valence-electron chi connectivity index (χ0n) is 19.0. The van der Waals surface area contributed by atoms with Crippen molar-refractivity contribution in [3.8, 4) is 0 Å². The molecule has 3 N–H and O–H groups in total. The molecule has 1 aromatic rings. The summed E-state index contributed by atoms with van der Waals surface area (Å²) in [6.07, 6.45) is -0.537. The lowest BCUT2D eigenvalue weighted by atomic mass is 9.98. The number of carbonyl (C=O) groups is 3. The summed E-state index contributed by atoms with van der Waals surface area (Å²) < 4.78 is 60.3. The van der Waals surface area contributed by atoms with E-state index in [9.17, 15) is 42.1 Å². The summed E-state index contributed by atoms with van der Waals surface area (Å²) in [5, 5.41) is 21.9. The van der Waals surface area contributed by atoms with Gasteiger partial charge in [-0.25, -0.2) is 9.48 Å². The predicted octanol–water partition coefficient (Wildman–Crippen LogP) is 0.910. The van der Waals surface area contributed by atoms with Crippen LogP contribution in [-0.2, 0) is 34.5 Å². The van der Waals surface area contributed by atoms with Crippen LogP contribution in [-0.4, -0.2) is 100 Å². The summed E-state index contributed by atoms with van der Waals surface area (Å²) in [6, 6.07) is 0. The van der Waals surface area contributed by atoms with Crippen molar-refractivity contribution < 1.29 is 51.4 Å². The molecule has 3 heterocycles. The maximum absolute atomic E-state index is 13.0. The number of rotatable bonds is 12. The van der Waals surface area contributed by atoms with Crippen LogP contribution in [0.4, 0.5) is 13.2 Å². The lowest BCUT2D eigenvalue weighted by molar-refractivity contribution is -0.192. The second-order valence-corrected chi connectivity index (χ2v) is 12.1. The molecular formula is C16H20F3N6O8PS3. The Morgan fingerprint density at radius 1 is 1.41 bits per heavy atom. The number of tetrazole rings is 1. The third-order valence-corrected chi connectivity index (χ3v) is 9.28. The molecule has 3 rings (SSSR count). The van der Waals surface area contributed by atoms with Crippen molar-refractivity contribution in [3.63, 3.8) is 0 Å². The molecule has 37 heavy (non-hydrogen) atoms. The molecule has 2 amide bonds. The smallest absolute Gasteiger partial charge is 0.442 e. The number of nitrogens with zero attached hydrogens (tertiary/aromatic N) is 5. The van der Waals surface area contributed by atoms with Crippen LogP contribution < -0.4 is 5.32 Å². The van der Waals surface area contributed by atoms with Crippen molar-refractivity contribution in [2.75, 3.05) is 31.0 Å². The van der Waals surface area contributed by atoms with E-state index in [-0.39, 0.29) is 34.5 Å². The van der Waals surface area contributed by atoms with Crippen LogP contribution in [0.3, 0.4) is 0 Å². The van der Waals surface area contributed by atoms with Crippen LogP contribution >= 0.6 is 42.9 Å². The van der Waals surface area contributed by atoms with Gasteiger partial charge in [0.05, 0.1) is 12.4 Å². The van der Waals surface area contributed by atoms with E-state index in [1.807, 2.05) is 0 Å². The van der Waals surface area contributed by atoms with Crippen LogP contribution in [0.2, 0.25) is 0 Å². The number of fused-ring (bicyclic) bond motifs is 1. The lowest BCUT2D eigenvalue weighted by Gasteiger charge is -2.55. The average molecular weight is 609 g/mol. The van der Waals surface area contributed by atoms with E-state index in [4.69, 9.17) is 9.26 Å². The van der Waals surface area contributed by atoms with Crippen molar-refractivity contribution in [3.05, 3.63) is 11.3 Å². The van der Waals surface area contributed by atoms with Crippen molar-refractivity contribution >= 4 is 60.7 Å². The van der Waals surface area contributed by atoms with Gasteiger partial charge in [-0.3, -0.25) is 19.1 Å². The number of aromatic nitrogens is 4. The second-order valence-electron chi connectivity index (χ2n) is 7.26. The van der Waals surface area contributed by atoms with Crippen LogP contribution in [0.15, 0.2) is 16.4 Å². The highest BCUT2D eigenvalue weighted by Gasteiger charge is 2.66. The Kier molecular flexibility index (Phi) is 9.24. The largest absolute Gasteiger partial charge is 0.477 e. The normalized spacial score (nSPS) is 23.4. The zero-order valence-corrected chi connectivity index (χ0v) is 22.3. The van der Waals surface area contributed by atoms with E-state index in [2.05, 4.69) is 20.8 Å². The Labute approximate surface area is 219 Å². The maximum Gasteiger partial charge on any atom is 0.442 e. The summed E-state index contributed by atoms with van der Waals surface area (Å²) in [5.74, 6) is -4.50. The molecule has 206 valence electrons. The molecule has 1 aromatic heterocycles. The molecule has 0 saturated carbocycles. The SMILES string of the molecule is CCOP(=O)(O)Cn1nnnc1SCC1=C(C(=O)O)N2C(=O)[C@](NC(=O)CSC(F)(F)F)(OC)[C@H]2SC1. The minimum atomic E-state index is -4.66. The number of nitrogens with one attached hydrogen (secondary N) is 1. The number of amides is 2. The number of carboxylic acid groups (broad SMARTS) is 1. The Morgan fingerprint density at radius 2 is 2.11 bits per heavy atom. The third kappa shape index (κ3) is 6.61. The van der Waals surface area contributed by atoms with Crippen LogP contribution in [0.5, 0.6) is 0 Å². The fraction of sp³-hybridized carbons (Fsp3) is 0.625. The fourth-order valence-corrected chi connectivity index (χ4v) is 7.33. The number of carboxylic acids is 1. The fourth-order valence-electron chi connectivity index (χ4n) is 3.40. The molecule has 3 atom stereocenters. The zero-order chi connectivity index (χ0) is 27.6. The third-order valence-electron chi connectivity index (χ3n) is 4.84. The first-order valence-electron chi connectivity index (χ1n) is 10.1. The van der Waals surface area contributed by atoms with Gasteiger partial charge in [-0.1, -0.05) is 11.8 Å². The van der Waals surface area contributed by atoms with E-state index in [0.29, 0.717) is 0 Å². The first-order valence-corrected chi connectivity index (χ1v) is 14.9. The molecule has 14 nitrogen and oxygen atoms in total. The Bertz CT molecular complexity index is 1150. The topological polar surface area (TPSA) is 186 Å². The van der Waals surface area contributed by atoms with Gasteiger partial charge < -0.3 is 24.6 Å². The second kappa shape index (κ2) is 11.5. The standard InChI is InChI=1S/C16H20F3N6O8PS3/c1-3-33-34(30,31)7-24-14(21-22-23-24)36-5-8-4-35-13-15(32-2,12(29)25(13)10(8)11(27)28)20-9(26)6-37-16(17,18)19/h13H,3-7H2,1-2H3,(H,20,26)(H,27,28)(H,30,31)/t13-,15+/m1/s1. The first kappa shape index (κ1) is 29.7. The number of β-lactam (4-membered cyclic amide) rings is 1. The van der Waals surface area contributed by atoms with Crippen LogP contribution in [0, 0.1) is 0 Å². The first-order chi connectivity index (χ1) is 17.2. The summed E-state index contributed by atoms with van der Waals surface area (Å²) in [7, 11) is -2.95. The van der Waals surface area contributed by atoms with E-state index in [0.717, 1.165) is 40.2 Å². The summed E-state index contributed by atoms with van der Waals surface area (Å²) in [6.45, 7) is 1.52.